The molecule has 0 bridgehead atoms. The van der Waals surface area contributed by atoms with E-state index in [1.54, 1.807) is 0 Å². The molecule has 5 nitrogen and oxygen atoms in total. The van der Waals surface area contributed by atoms with Gasteiger partial charge in [-0.2, -0.15) is 20.5 Å². The molecule has 0 N–H and O–H groups in total. The Bertz CT molecular complexity index is 1290. The van der Waals surface area contributed by atoms with Crippen LogP contribution >= 0.6 is 0 Å². The van der Waals surface area contributed by atoms with E-state index in [9.17, 15) is 0 Å². The van der Waals surface area contributed by atoms with Crippen molar-refractivity contribution in [3.05, 3.63) is 90.7 Å². The number of hydrogen-bond acceptors (Lipinski definition) is 5. The zero-order valence-corrected chi connectivity index (χ0v) is 22.2. The quantitative estimate of drug-likeness (QED) is 0.222. The summed E-state index contributed by atoms with van der Waals surface area (Å²) in [6.45, 7) is 17.9. The Morgan fingerprint density at radius 1 is 0.833 bits per heavy atom. The van der Waals surface area contributed by atoms with E-state index in [1.807, 2.05) is 79.7 Å². The SMILES string of the molecule is C=C(Oc1ccc(/N=N/c2ccc(/N=N/c3ccccc3)cc2)cc1C)C1(C(C)(C)CC)CC1(C)C. The standard InChI is InChI=1S/C31H36N4O/c1-8-29(4,5)31(21-30(31,6)7)23(3)36-28-19-18-27(20-22(28)2)35-34-26-16-14-25(15-17-26)33-32-24-12-10-9-11-13-24/h9-20H,3,8,21H2,1-2,4-7H3/b33-32+,35-34+. The predicted octanol–water partition coefficient (Wildman–Crippen LogP) is 10.6. The number of rotatable bonds is 9. The maximum atomic E-state index is 6.40. The first-order valence-corrected chi connectivity index (χ1v) is 12.5. The Kier molecular flexibility index (Phi) is 6.94. The lowest BCUT2D eigenvalue weighted by Gasteiger charge is -2.38. The molecule has 0 amide bonds. The first kappa shape index (κ1) is 25.5. The second kappa shape index (κ2) is 9.81. The fourth-order valence-corrected chi connectivity index (χ4v) is 5.27. The highest BCUT2D eigenvalue weighted by atomic mass is 16.5. The number of aryl methyl sites for hydroxylation is 1. The van der Waals surface area contributed by atoms with Crippen molar-refractivity contribution in [2.75, 3.05) is 0 Å². The summed E-state index contributed by atoms with van der Waals surface area (Å²) >= 11 is 0. The largest absolute Gasteiger partial charge is 0.461 e. The average Bonchev–Trinajstić information content (AvgIpc) is 3.48. The van der Waals surface area contributed by atoms with Gasteiger partial charge in [-0.15, -0.1) is 0 Å². The molecular formula is C31H36N4O. The van der Waals surface area contributed by atoms with Gasteiger partial charge in [-0.25, -0.2) is 0 Å². The van der Waals surface area contributed by atoms with E-state index in [1.165, 1.54) is 0 Å². The van der Waals surface area contributed by atoms with E-state index in [-0.39, 0.29) is 16.2 Å². The molecule has 0 aliphatic heterocycles. The van der Waals surface area contributed by atoms with E-state index in [0.717, 1.165) is 52.7 Å². The minimum Gasteiger partial charge on any atom is -0.461 e. The summed E-state index contributed by atoms with van der Waals surface area (Å²) in [6, 6.07) is 23.0. The van der Waals surface area contributed by atoms with E-state index >= 15 is 0 Å². The number of nitrogens with zero attached hydrogens (tertiary/aromatic N) is 4. The summed E-state index contributed by atoms with van der Waals surface area (Å²) in [7, 11) is 0. The van der Waals surface area contributed by atoms with Gasteiger partial charge in [0.2, 0.25) is 0 Å². The predicted molar refractivity (Wildman–Crippen MR) is 147 cm³/mol. The number of hydrogen-bond donors (Lipinski definition) is 0. The maximum absolute atomic E-state index is 6.40. The van der Waals surface area contributed by atoms with Crippen molar-refractivity contribution in [2.45, 2.75) is 54.4 Å². The van der Waals surface area contributed by atoms with Crippen molar-refractivity contribution >= 4 is 22.7 Å². The highest BCUT2D eigenvalue weighted by Gasteiger charge is 2.70. The van der Waals surface area contributed by atoms with E-state index in [0.29, 0.717) is 0 Å². The molecule has 1 unspecified atom stereocenters. The van der Waals surface area contributed by atoms with Crippen LogP contribution in [0.5, 0.6) is 5.75 Å². The van der Waals surface area contributed by atoms with Crippen LogP contribution in [0.4, 0.5) is 22.7 Å². The van der Waals surface area contributed by atoms with Crippen LogP contribution in [0.2, 0.25) is 0 Å². The van der Waals surface area contributed by atoms with Gasteiger partial charge in [-0.05, 0) is 90.8 Å². The highest BCUT2D eigenvalue weighted by Crippen LogP contribution is 2.75. The lowest BCUT2D eigenvalue weighted by molar-refractivity contribution is 0.126. The van der Waals surface area contributed by atoms with Gasteiger partial charge in [0, 0.05) is 5.41 Å². The maximum Gasteiger partial charge on any atom is 0.129 e. The second-order valence-electron chi connectivity index (χ2n) is 10.9. The third-order valence-electron chi connectivity index (χ3n) is 7.81. The highest BCUT2D eigenvalue weighted by molar-refractivity contribution is 5.50. The van der Waals surface area contributed by atoms with Gasteiger partial charge in [0.15, 0.2) is 0 Å². The molecule has 1 fully saturated rings. The molecule has 3 aromatic rings. The van der Waals surface area contributed by atoms with Crippen molar-refractivity contribution < 1.29 is 4.74 Å². The summed E-state index contributed by atoms with van der Waals surface area (Å²) in [5.41, 5.74) is 4.39. The third-order valence-corrected chi connectivity index (χ3v) is 7.81. The Labute approximate surface area is 215 Å². The van der Waals surface area contributed by atoms with Crippen molar-refractivity contribution in [1.82, 2.24) is 0 Å². The number of benzene rings is 3. The summed E-state index contributed by atoms with van der Waals surface area (Å²) in [5, 5.41) is 17.3. The molecule has 186 valence electrons. The molecule has 1 atom stereocenters. The van der Waals surface area contributed by atoms with Crippen molar-refractivity contribution in [1.29, 1.82) is 0 Å². The molecule has 5 heteroatoms. The van der Waals surface area contributed by atoms with E-state index < -0.39 is 0 Å². The van der Waals surface area contributed by atoms with Crippen LogP contribution in [-0.2, 0) is 0 Å². The van der Waals surface area contributed by atoms with Crippen LogP contribution in [0.15, 0.2) is 106 Å². The fourth-order valence-electron chi connectivity index (χ4n) is 5.27. The number of azo groups is 2. The molecule has 36 heavy (non-hydrogen) atoms. The monoisotopic (exact) mass is 480 g/mol. The van der Waals surface area contributed by atoms with Crippen molar-refractivity contribution in [3.63, 3.8) is 0 Å². The van der Waals surface area contributed by atoms with Gasteiger partial charge in [-0.3, -0.25) is 0 Å². The van der Waals surface area contributed by atoms with Gasteiger partial charge >= 0.3 is 0 Å². The molecule has 3 aromatic carbocycles. The number of ether oxygens (including phenoxy) is 1. The van der Waals surface area contributed by atoms with Crippen LogP contribution < -0.4 is 4.74 Å². The zero-order chi connectivity index (χ0) is 26.0. The Balaban J connectivity index is 1.42. The Morgan fingerprint density at radius 2 is 1.31 bits per heavy atom. The lowest BCUT2D eigenvalue weighted by atomic mass is 9.69. The van der Waals surface area contributed by atoms with Gasteiger partial charge < -0.3 is 4.74 Å². The van der Waals surface area contributed by atoms with Crippen LogP contribution in [0, 0.1) is 23.2 Å². The van der Waals surface area contributed by atoms with Crippen LogP contribution in [0.25, 0.3) is 0 Å². The van der Waals surface area contributed by atoms with E-state index in [2.05, 4.69) is 61.7 Å². The van der Waals surface area contributed by atoms with Crippen molar-refractivity contribution in [2.24, 2.45) is 36.7 Å². The van der Waals surface area contributed by atoms with Gasteiger partial charge in [-0.1, -0.05) is 59.4 Å². The third kappa shape index (κ3) is 5.01. The van der Waals surface area contributed by atoms with Gasteiger partial charge in [0.1, 0.15) is 11.5 Å². The molecule has 1 saturated carbocycles. The molecule has 0 aromatic heterocycles. The van der Waals surface area contributed by atoms with Crippen LogP contribution in [0.1, 0.15) is 53.0 Å². The van der Waals surface area contributed by atoms with E-state index in [4.69, 9.17) is 4.74 Å². The van der Waals surface area contributed by atoms with Gasteiger partial charge in [0.05, 0.1) is 22.7 Å². The zero-order valence-electron chi connectivity index (χ0n) is 22.2. The van der Waals surface area contributed by atoms with Crippen molar-refractivity contribution in [3.8, 4) is 5.75 Å². The van der Waals surface area contributed by atoms with Crippen LogP contribution in [0.3, 0.4) is 0 Å². The summed E-state index contributed by atoms with van der Waals surface area (Å²) in [6.07, 6.45) is 2.17. The smallest absolute Gasteiger partial charge is 0.129 e. The van der Waals surface area contributed by atoms with Gasteiger partial charge in [0.25, 0.3) is 0 Å². The molecule has 0 heterocycles. The fraction of sp³-hybridized carbons (Fsp3) is 0.355. The summed E-state index contributed by atoms with van der Waals surface area (Å²) < 4.78 is 6.40. The summed E-state index contributed by atoms with van der Waals surface area (Å²) in [4.78, 5) is 0. The molecular weight excluding hydrogens is 444 g/mol. The second-order valence-corrected chi connectivity index (χ2v) is 10.9. The first-order valence-electron chi connectivity index (χ1n) is 12.5. The molecule has 0 spiro atoms. The number of allylic oxidation sites excluding steroid dienone is 1. The van der Waals surface area contributed by atoms with Crippen LogP contribution in [-0.4, -0.2) is 0 Å². The molecule has 0 saturated heterocycles. The summed E-state index contributed by atoms with van der Waals surface area (Å²) in [5.74, 6) is 1.68. The minimum absolute atomic E-state index is 0.0214. The Hall–Kier alpha value is -3.60. The Morgan fingerprint density at radius 3 is 1.78 bits per heavy atom. The molecule has 1 aliphatic carbocycles. The molecule has 0 radical (unpaired) electrons. The topological polar surface area (TPSA) is 58.7 Å². The average molecular weight is 481 g/mol. The molecule has 1 aliphatic rings. The lowest BCUT2D eigenvalue weighted by Crippen LogP contribution is -2.32. The normalized spacial score (nSPS) is 19.1. The first-order chi connectivity index (χ1) is 17.1. The molecule has 4 rings (SSSR count). The minimum atomic E-state index is -0.0214.